The fourth-order valence-corrected chi connectivity index (χ4v) is 2.40. The van der Waals surface area contributed by atoms with Gasteiger partial charge in [0.05, 0.1) is 12.7 Å². The minimum absolute atomic E-state index is 0.136. The van der Waals surface area contributed by atoms with Crippen molar-refractivity contribution in [3.63, 3.8) is 0 Å². The number of carbonyl (C=O) groups excluding carboxylic acids is 1. The number of benzene rings is 1. The maximum absolute atomic E-state index is 12.1. The number of pyridine rings is 1. The minimum atomic E-state index is -0.152. The molecule has 0 fully saturated rings. The van der Waals surface area contributed by atoms with E-state index in [1.165, 1.54) is 0 Å². The Morgan fingerprint density at radius 3 is 2.52 bits per heavy atom. The summed E-state index contributed by atoms with van der Waals surface area (Å²) >= 11 is 0. The molecule has 3 aromatic rings. The summed E-state index contributed by atoms with van der Waals surface area (Å²) in [5.74, 6) is 1.32. The summed E-state index contributed by atoms with van der Waals surface area (Å²) in [4.78, 5) is 20.2. The monoisotopic (exact) mass is 336 g/mol. The van der Waals surface area contributed by atoms with Gasteiger partial charge in [0.15, 0.2) is 0 Å². The maximum atomic E-state index is 12.1. The maximum Gasteiger partial charge on any atom is 0.255 e. The van der Waals surface area contributed by atoms with Gasteiger partial charge in [-0.2, -0.15) is 0 Å². The number of aromatic nitrogens is 2. The molecule has 0 spiro atoms. The Hall–Kier alpha value is -2.99. The lowest BCUT2D eigenvalue weighted by atomic mass is 10.1. The standard InChI is InChI=1S/C19H20N4O2/c1-13-11-22-18(25-13)12-21-14(2)15-3-5-17(6-4-15)23-19(24)16-7-9-20-10-8-16/h3-11,14,21H,12H2,1-2H3,(H,23,24)/t14-/m0/s1. The van der Waals surface area contributed by atoms with E-state index in [2.05, 4.69) is 27.5 Å². The number of amides is 1. The van der Waals surface area contributed by atoms with E-state index in [0.29, 0.717) is 18.0 Å². The highest BCUT2D eigenvalue weighted by molar-refractivity contribution is 6.04. The second-order valence-corrected chi connectivity index (χ2v) is 5.78. The van der Waals surface area contributed by atoms with E-state index in [1.54, 1.807) is 30.7 Å². The third-order valence-corrected chi connectivity index (χ3v) is 3.84. The Morgan fingerprint density at radius 2 is 1.88 bits per heavy atom. The number of rotatable bonds is 6. The van der Waals surface area contributed by atoms with E-state index in [9.17, 15) is 4.79 Å². The minimum Gasteiger partial charge on any atom is -0.445 e. The molecule has 0 saturated carbocycles. The molecule has 128 valence electrons. The van der Waals surface area contributed by atoms with Gasteiger partial charge in [-0.25, -0.2) is 4.98 Å². The van der Waals surface area contributed by atoms with Crippen molar-refractivity contribution in [1.29, 1.82) is 0 Å². The molecule has 1 amide bonds. The second kappa shape index (κ2) is 7.72. The lowest BCUT2D eigenvalue weighted by molar-refractivity contribution is 0.102. The van der Waals surface area contributed by atoms with Crippen molar-refractivity contribution in [3.8, 4) is 0 Å². The number of nitrogens with zero attached hydrogens (tertiary/aromatic N) is 2. The van der Waals surface area contributed by atoms with Gasteiger partial charge in [0, 0.05) is 29.7 Å². The molecule has 0 aliphatic rings. The zero-order valence-corrected chi connectivity index (χ0v) is 14.2. The van der Waals surface area contributed by atoms with Crippen molar-refractivity contribution in [1.82, 2.24) is 15.3 Å². The van der Waals surface area contributed by atoms with E-state index in [-0.39, 0.29) is 11.9 Å². The average Bonchev–Trinajstić information content (AvgIpc) is 3.06. The molecule has 2 N–H and O–H groups in total. The van der Waals surface area contributed by atoms with Gasteiger partial charge in [-0.3, -0.25) is 9.78 Å². The Kier molecular flexibility index (Phi) is 5.20. The van der Waals surface area contributed by atoms with Crippen LogP contribution < -0.4 is 10.6 Å². The van der Waals surface area contributed by atoms with Crippen LogP contribution in [-0.2, 0) is 6.54 Å². The van der Waals surface area contributed by atoms with Gasteiger partial charge in [0.25, 0.3) is 5.91 Å². The third-order valence-electron chi connectivity index (χ3n) is 3.84. The van der Waals surface area contributed by atoms with Gasteiger partial charge in [-0.05, 0) is 43.7 Å². The number of carbonyl (C=O) groups is 1. The van der Waals surface area contributed by atoms with Gasteiger partial charge >= 0.3 is 0 Å². The number of anilines is 1. The Labute approximate surface area is 146 Å². The first-order valence-corrected chi connectivity index (χ1v) is 8.08. The normalized spacial score (nSPS) is 11.9. The van der Waals surface area contributed by atoms with Crippen LogP contribution in [0.15, 0.2) is 59.4 Å². The summed E-state index contributed by atoms with van der Waals surface area (Å²) < 4.78 is 5.45. The fraction of sp³-hybridized carbons (Fsp3) is 0.211. The number of hydrogen-bond acceptors (Lipinski definition) is 5. The largest absolute Gasteiger partial charge is 0.445 e. The van der Waals surface area contributed by atoms with Crippen LogP contribution in [0.1, 0.15) is 40.5 Å². The molecule has 0 saturated heterocycles. The van der Waals surface area contributed by atoms with Crippen molar-refractivity contribution in [2.75, 3.05) is 5.32 Å². The van der Waals surface area contributed by atoms with Crippen molar-refractivity contribution in [2.45, 2.75) is 26.4 Å². The molecule has 0 bridgehead atoms. The summed E-state index contributed by atoms with van der Waals surface area (Å²) in [6, 6.07) is 11.3. The third kappa shape index (κ3) is 4.51. The van der Waals surface area contributed by atoms with Crippen LogP contribution >= 0.6 is 0 Å². The molecule has 25 heavy (non-hydrogen) atoms. The number of nitrogens with one attached hydrogen (secondary N) is 2. The first kappa shape index (κ1) is 16.9. The first-order valence-electron chi connectivity index (χ1n) is 8.08. The van der Waals surface area contributed by atoms with E-state index in [4.69, 9.17) is 4.42 Å². The molecule has 1 atom stereocenters. The van der Waals surface area contributed by atoms with E-state index < -0.39 is 0 Å². The summed E-state index contributed by atoms with van der Waals surface area (Å²) in [6.45, 7) is 4.51. The summed E-state index contributed by atoms with van der Waals surface area (Å²) in [5, 5.41) is 6.24. The quantitative estimate of drug-likeness (QED) is 0.720. The smallest absolute Gasteiger partial charge is 0.255 e. The second-order valence-electron chi connectivity index (χ2n) is 5.78. The molecule has 0 radical (unpaired) electrons. The molecule has 0 aliphatic carbocycles. The molecule has 6 heteroatoms. The summed E-state index contributed by atoms with van der Waals surface area (Å²) in [7, 11) is 0. The molecule has 2 heterocycles. The van der Waals surface area contributed by atoms with Crippen LogP contribution in [0.4, 0.5) is 5.69 Å². The van der Waals surface area contributed by atoms with E-state index in [0.717, 1.165) is 17.0 Å². The Bertz CT molecular complexity index is 828. The van der Waals surface area contributed by atoms with Crippen molar-refractivity contribution in [3.05, 3.63) is 77.8 Å². The van der Waals surface area contributed by atoms with Gasteiger partial charge in [-0.1, -0.05) is 12.1 Å². The molecule has 6 nitrogen and oxygen atoms in total. The van der Waals surface area contributed by atoms with Gasteiger partial charge < -0.3 is 15.1 Å². The lowest BCUT2D eigenvalue weighted by Gasteiger charge is -2.14. The summed E-state index contributed by atoms with van der Waals surface area (Å²) in [5.41, 5.74) is 2.45. The highest BCUT2D eigenvalue weighted by Crippen LogP contribution is 2.17. The molecule has 0 aliphatic heterocycles. The lowest BCUT2D eigenvalue weighted by Crippen LogP contribution is -2.18. The van der Waals surface area contributed by atoms with Crippen LogP contribution in [0.5, 0.6) is 0 Å². The van der Waals surface area contributed by atoms with Gasteiger partial charge in [0.1, 0.15) is 5.76 Å². The number of oxazole rings is 1. The molecule has 2 aromatic heterocycles. The SMILES string of the molecule is Cc1cnc(CN[C@@H](C)c2ccc(NC(=O)c3ccncc3)cc2)o1. The van der Waals surface area contributed by atoms with Crippen LogP contribution in [0.2, 0.25) is 0 Å². The van der Waals surface area contributed by atoms with Crippen LogP contribution in [0.25, 0.3) is 0 Å². The van der Waals surface area contributed by atoms with Crippen LogP contribution in [0.3, 0.4) is 0 Å². The first-order chi connectivity index (χ1) is 12.1. The zero-order valence-electron chi connectivity index (χ0n) is 14.2. The number of aryl methyl sites for hydroxylation is 1. The highest BCUT2D eigenvalue weighted by atomic mass is 16.4. The molecular formula is C19H20N4O2. The predicted octanol–water partition coefficient (Wildman–Crippen LogP) is 3.48. The van der Waals surface area contributed by atoms with E-state index >= 15 is 0 Å². The summed E-state index contributed by atoms with van der Waals surface area (Å²) in [6.07, 6.45) is 4.91. The Balaban J connectivity index is 1.57. The Morgan fingerprint density at radius 1 is 1.16 bits per heavy atom. The van der Waals surface area contributed by atoms with Crippen molar-refractivity contribution < 1.29 is 9.21 Å². The van der Waals surface area contributed by atoms with Crippen molar-refractivity contribution >= 4 is 11.6 Å². The van der Waals surface area contributed by atoms with Gasteiger partial charge in [0.2, 0.25) is 5.89 Å². The van der Waals surface area contributed by atoms with Gasteiger partial charge in [-0.15, -0.1) is 0 Å². The molecule has 3 rings (SSSR count). The van der Waals surface area contributed by atoms with E-state index in [1.807, 2.05) is 31.2 Å². The molecule has 1 aromatic carbocycles. The average molecular weight is 336 g/mol. The van der Waals surface area contributed by atoms with Crippen LogP contribution in [-0.4, -0.2) is 15.9 Å². The zero-order chi connectivity index (χ0) is 17.6. The van der Waals surface area contributed by atoms with Crippen LogP contribution in [0, 0.1) is 6.92 Å². The fourth-order valence-electron chi connectivity index (χ4n) is 2.40. The highest BCUT2D eigenvalue weighted by Gasteiger charge is 2.09. The number of hydrogen-bond donors (Lipinski definition) is 2. The topological polar surface area (TPSA) is 80.0 Å². The molecular weight excluding hydrogens is 316 g/mol. The predicted molar refractivity (Wildman–Crippen MR) is 95.1 cm³/mol. The van der Waals surface area contributed by atoms with Crippen molar-refractivity contribution in [2.24, 2.45) is 0 Å². The molecule has 0 unspecified atom stereocenters.